The van der Waals surface area contributed by atoms with Gasteiger partial charge in [0.25, 0.3) is 0 Å². The smallest absolute Gasteiger partial charge is 0.314 e. The molecule has 9 heteroatoms. The number of amides is 2. The van der Waals surface area contributed by atoms with E-state index in [1.54, 1.807) is 6.07 Å². The third-order valence-electron chi connectivity index (χ3n) is 8.13. The lowest BCUT2D eigenvalue weighted by Crippen LogP contribution is -2.44. The number of nitrogens with one attached hydrogen (secondary N) is 3. The molecule has 9 nitrogen and oxygen atoms in total. The van der Waals surface area contributed by atoms with Crippen molar-refractivity contribution in [3.63, 3.8) is 0 Å². The first-order valence-corrected chi connectivity index (χ1v) is 18.1. The van der Waals surface area contributed by atoms with Crippen LogP contribution in [0.5, 0.6) is 11.5 Å². The van der Waals surface area contributed by atoms with Crippen LogP contribution in [-0.4, -0.2) is 63.4 Å². The zero-order chi connectivity index (χ0) is 36.7. The van der Waals surface area contributed by atoms with Crippen LogP contribution >= 0.6 is 0 Å². The van der Waals surface area contributed by atoms with Gasteiger partial charge in [-0.3, -0.25) is 4.90 Å². The summed E-state index contributed by atoms with van der Waals surface area (Å²) in [5.74, 6) is 1.40. The average Bonchev–Trinajstić information content (AvgIpc) is 3.19. The molecule has 1 heterocycles. The Morgan fingerprint density at radius 3 is 2.31 bits per heavy atom. The van der Waals surface area contributed by atoms with Crippen molar-refractivity contribution in [2.75, 3.05) is 52.5 Å². The summed E-state index contributed by atoms with van der Waals surface area (Å²) in [6.07, 6.45) is 0. The molecule has 1 fully saturated rings. The number of nitriles is 1. The van der Waals surface area contributed by atoms with Crippen LogP contribution in [0.4, 0.5) is 4.79 Å². The normalized spacial score (nSPS) is 12.2. The highest BCUT2D eigenvalue weighted by atomic mass is 16.5. The summed E-state index contributed by atoms with van der Waals surface area (Å²) in [5.41, 5.74) is 7.14. The molecule has 51 heavy (non-hydrogen) atoms. The Labute approximate surface area is 304 Å². The van der Waals surface area contributed by atoms with Crippen molar-refractivity contribution in [1.82, 2.24) is 20.9 Å². The molecular weight excluding hydrogens is 638 g/mol. The molecule has 0 aromatic heterocycles. The second-order valence-corrected chi connectivity index (χ2v) is 11.4. The van der Waals surface area contributed by atoms with Crippen molar-refractivity contribution in [3.8, 4) is 28.7 Å². The van der Waals surface area contributed by atoms with Gasteiger partial charge in [0.1, 0.15) is 24.7 Å². The van der Waals surface area contributed by atoms with Gasteiger partial charge in [0.05, 0.1) is 24.8 Å². The molecular formula is C42H55N5O4. The van der Waals surface area contributed by atoms with Gasteiger partial charge in [-0.05, 0) is 52.9 Å². The second kappa shape index (κ2) is 23.5. The van der Waals surface area contributed by atoms with E-state index in [2.05, 4.69) is 76.3 Å². The van der Waals surface area contributed by atoms with E-state index < -0.39 is 0 Å². The Balaban J connectivity index is 0.00000169. The van der Waals surface area contributed by atoms with Crippen molar-refractivity contribution >= 4 is 6.03 Å². The van der Waals surface area contributed by atoms with Crippen molar-refractivity contribution in [2.45, 2.75) is 54.4 Å². The lowest BCUT2D eigenvalue weighted by Gasteiger charge is -2.26. The largest absolute Gasteiger partial charge is 0.489 e. The molecule has 5 rings (SSSR count). The van der Waals surface area contributed by atoms with Crippen LogP contribution in [0.25, 0.3) is 11.1 Å². The quantitative estimate of drug-likeness (QED) is 0.111. The predicted molar refractivity (Wildman–Crippen MR) is 206 cm³/mol. The van der Waals surface area contributed by atoms with Gasteiger partial charge < -0.3 is 30.2 Å². The van der Waals surface area contributed by atoms with Crippen molar-refractivity contribution in [3.05, 3.63) is 119 Å². The standard InChI is InChI=1S/C38H43N5O4.2C2H6/c1-29-34(11-6-12-36(29)32-9-3-2-4-10-32)28-46-35-14-13-33(37(24-35)47-27-31-8-5-7-30(23-31)25-39)26-40-15-16-41-38(44)42-17-18-43-19-21-45-22-20-43;2*1-2/h2-14,23-24,40H,15-22,26-28H2,1H3,(H2,41,42,44);2*1-2H3. The van der Waals surface area contributed by atoms with Crippen LogP contribution < -0.4 is 25.4 Å². The summed E-state index contributed by atoms with van der Waals surface area (Å²) in [6.45, 7) is 17.2. The molecule has 0 spiro atoms. The van der Waals surface area contributed by atoms with Gasteiger partial charge >= 0.3 is 6.03 Å². The summed E-state index contributed by atoms with van der Waals surface area (Å²) < 4.78 is 17.9. The van der Waals surface area contributed by atoms with E-state index in [0.29, 0.717) is 56.5 Å². The number of benzene rings is 4. The predicted octanol–water partition coefficient (Wildman–Crippen LogP) is 7.47. The molecule has 0 unspecified atom stereocenters. The SMILES string of the molecule is CC.CC.Cc1c(COc2ccc(CNCCNC(=O)NCCN3CCOCC3)c(OCc3cccc(C#N)c3)c2)cccc1-c1ccccc1. The van der Waals surface area contributed by atoms with Crippen LogP contribution in [0.3, 0.4) is 0 Å². The molecule has 0 bridgehead atoms. The van der Waals surface area contributed by atoms with Crippen LogP contribution in [0.1, 0.15) is 55.5 Å². The Kier molecular flexibility index (Phi) is 18.7. The molecule has 1 aliphatic rings. The van der Waals surface area contributed by atoms with Crippen LogP contribution in [0.2, 0.25) is 0 Å². The van der Waals surface area contributed by atoms with E-state index in [1.165, 1.54) is 16.7 Å². The van der Waals surface area contributed by atoms with Gasteiger partial charge in [0.2, 0.25) is 0 Å². The number of urea groups is 1. The average molecular weight is 694 g/mol. The van der Waals surface area contributed by atoms with Gasteiger partial charge in [-0.1, -0.05) is 94.4 Å². The Morgan fingerprint density at radius 2 is 1.55 bits per heavy atom. The fraction of sp³-hybridized carbons (Fsp3) is 0.381. The number of carbonyl (C=O) groups excluding carboxylic acids is 1. The fourth-order valence-corrected chi connectivity index (χ4v) is 5.43. The lowest BCUT2D eigenvalue weighted by molar-refractivity contribution is 0.0387. The summed E-state index contributed by atoms with van der Waals surface area (Å²) in [5, 5.41) is 18.5. The zero-order valence-corrected chi connectivity index (χ0v) is 31.0. The van der Waals surface area contributed by atoms with Crippen LogP contribution in [0, 0.1) is 18.3 Å². The minimum Gasteiger partial charge on any atom is -0.489 e. The highest BCUT2D eigenvalue weighted by molar-refractivity contribution is 5.73. The molecule has 1 saturated heterocycles. The minimum absolute atomic E-state index is 0.172. The summed E-state index contributed by atoms with van der Waals surface area (Å²) >= 11 is 0. The first kappa shape index (κ1) is 40.5. The Hall–Kier alpha value is -4.88. The minimum atomic E-state index is -0.172. The molecule has 0 radical (unpaired) electrons. The highest BCUT2D eigenvalue weighted by Crippen LogP contribution is 2.29. The van der Waals surface area contributed by atoms with E-state index in [1.807, 2.05) is 70.2 Å². The van der Waals surface area contributed by atoms with E-state index in [9.17, 15) is 10.1 Å². The Bertz CT molecular complexity index is 1630. The number of nitrogens with zero attached hydrogens (tertiary/aromatic N) is 2. The zero-order valence-electron chi connectivity index (χ0n) is 31.0. The van der Waals surface area contributed by atoms with Gasteiger partial charge in [0, 0.05) is 57.4 Å². The van der Waals surface area contributed by atoms with Gasteiger partial charge in [-0.15, -0.1) is 0 Å². The molecule has 4 aromatic rings. The van der Waals surface area contributed by atoms with Gasteiger partial charge in [0.15, 0.2) is 0 Å². The number of hydrogen-bond acceptors (Lipinski definition) is 7. The van der Waals surface area contributed by atoms with Crippen molar-refractivity contribution < 1.29 is 19.0 Å². The van der Waals surface area contributed by atoms with Gasteiger partial charge in [-0.2, -0.15) is 5.26 Å². The van der Waals surface area contributed by atoms with Crippen molar-refractivity contribution in [2.24, 2.45) is 0 Å². The molecule has 2 amide bonds. The Morgan fingerprint density at radius 1 is 0.804 bits per heavy atom. The topological polar surface area (TPSA) is 108 Å². The third-order valence-corrected chi connectivity index (χ3v) is 8.13. The number of morpholine rings is 1. The van der Waals surface area contributed by atoms with Crippen molar-refractivity contribution in [1.29, 1.82) is 5.26 Å². The monoisotopic (exact) mass is 693 g/mol. The second-order valence-electron chi connectivity index (χ2n) is 11.4. The highest BCUT2D eigenvalue weighted by Gasteiger charge is 2.12. The third kappa shape index (κ3) is 13.7. The molecule has 0 atom stereocenters. The van der Waals surface area contributed by atoms with E-state index in [4.69, 9.17) is 14.2 Å². The van der Waals surface area contributed by atoms with Gasteiger partial charge in [-0.25, -0.2) is 4.79 Å². The maximum Gasteiger partial charge on any atom is 0.314 e. The summed E-state index contributed by atoms with van der Waals surface area (Å²) in [4.78, 5) is 14.5. The first-order valence-electron chi connectivity index (χ1n) is 18.1. The molecule has 0 aliphatic carbocycles. The molecule has 3 N–H and O–H groups in total. The molecule has 0 saturated carbocycles. The maximum absolute atomic E-state index is 12.2. The maximum atomic E-state index is 12.2. The van der Waals surface area contributed by atoms with E-state index in [-0.39, 0.29) is 6.03 Å². The van der Waals surface area contributed by atoms with Crippen LogP contribution in [0.15, 0.2) is 91.0 Å². The number of hydrogen-bond donors (Lipinski definition) is 3. The number of rotatable bonds is 15. The number of ether oxygens (including phenoxy) is 3. The summed E-state index contributed by atoms with van der Waals surface area (Å²) in [7, 11) is 0. The lowest BCUT2D eigenvalue weighted by atomic mass is 9.97. The molecule has 1 aliphatic heterocycles. The number of carbonyl (C=O) groups is 1. The van der Waals surface area contributed by atoms with E-state index in [0.717, 1.165) is 49.5 Å². The molecule has 4 aromatic carbocycles. The first-order chi connectivity index (χ1) is 25.1. The summed E-state index contributed by atoms with van der Waals surface area (Å²) in [6, 6.07) is 32.0. The van der Waals surface area contributed by atoms with E-state index >= 15 is 0 Å². The van der Waals surface area contributed by atoms with Crippen LogP contribution in [-0.2, 0) is 24.5 Å². The fourth-order valence-electron chi connectivity index (χ4n) is 5.43. The molecule has 272 valence electrons.